The molecule has 0 saturated heterocycles. The van der Waals surface area contributed by atoms with Gasteiger partial charge in [0, 0.05) is 38.4 Å². The normalized spacial score (nSPS) is 17.5. The number of hydrogen-bond acceptors (Lipinski definition) is 7. The number of ether oxygens (including phenoxy) is 1. The number of aliphatic hydroxyl groups is 1. The van der Waals surface area contributed by atoms with Crippen molar-refractivity contribution in [2.45, 2.75) is 56.3 Å². The van der Waals surface area contributed by atoms with Gasteiger partial charge in [-0.1, -0.05) is 54.6 Å². The standard InChI is InChI=1S/C31H35N3O7S/c1-20(35)33-25-12-14-27(15-13-25)42(39,40)32-19-26(41-21(2)36)17-24(16-22-8-4-3-5-9-22)31(38)34-30-28-11-7-6-10-23(28)18-29(30)37/h3-15,24,26,29-30,32,37H,16-19H2,1-2H3,(H,33,35)(H,34,38)/t24-,26+,29-,30+/m1/s1. The van der Waals surface area contributed by atoms with Crippen LogP contribution in [0.2, 0.25) is 0 Å². The predicted molar refractivity (Wildman–Crippen MR) is 157 cm³/mol. The van der Waals surface area contributed by atoms with Crippen molar-refractivity contribution < 1.29 is 32.6 Å². The predicted octanol–water partition coefficient (Wildman–Crippen LogP) is 2.88. The lowest BCUT2D eigenvalue weighted by molar-refractivity contribution is -0.148. The summed E-state index contributed by atoms with van der Waals surface area (Å²) in [5, 5.41) is 16.3. The van der Waals surface area contributed by atoms with Crippen molar-refractivity contribution in [3.05, 3.63) is 95.6 Å². The van der Waals surface area contributed by atoms with Gasteiger partial charge in [0.1, 0.15) is 6.10 Å². The van der Waals surface area contributed by atoms with E-state index in [2.05, 4.69) is 15.4 Å². The highest BCUT2D eigenvalue weighted by atomic mass is 32.2. The highest BCUT2D eigenvalue weighted by molar-refractivity contribution is 7.89. The number of aliphatic hydroxyl groups excluding tert-OH is 1. The molecule has 10 nitrogen and oxygen atoms in total. The number of sulfonamides is 1. The Morgan fingerprint density at radius 1 is 0.952 bits per heavy atom. The summed E-state index contributed by atoms with van der Waals surface area (Å²) < 4.78 is 34.0. The van der Waals surface area contributed by atoms with Gasteiger partial charge >= 0.3 is 5.97 Å². The van der Waals surface area contributed by atoms with E-state index >= 15 is 0 Å². The first kappa shape index (κ1) is 30.9. The molecular weight excluding hydrogens is 558 g/mol. The lowest BCUT2D eigenvalue weighted by Crippen LogP contribution is -2.42. The zero-order chi connectivity index (χ0) is 30.3. The Balaban J connectivity index is 1.51. The van der Waals surface area contributed by atoms with Gasteiger partial charge in [0.15, 0.2) is 0 Å². The summed E-state index contributed by atoms with van der Waals surface area (Å²) in [4.78, 5) is 36.9. The molecule has 0 unspecified atom stereocenters. The average molecular weight is 594 g/mol. The quantitative estimate of drug-likeness (QED) is 0.236. The number of rotatable bonds is 12. The number of fused-ring (bicyclic) bond motifs is 1. The minimum absolute atomic E-state index is 0.0364. The van der Waals surface area contributed by atoms with Crippen LogP contribution in [0.3, 0.4) is 0 Å². The molecule has 4 N–H and O–H groups in total. The first-order chi connectivity index (χ1) is 20.0. The zero-order valence-corrected chi connectivity index (χ0v) is 24.3. The van der Waals surface area contributed by atoms with Crippen LogP contribution in [0.15, 0.2) is 83.8 Å². The van der Waals surface area contributed by atoms with Crippen molar-refractivity contribution in [3.63, 3.8) is 0 Å². The summed E-state index contributed by atoms with van der Waals surface area (Å²) in [6.45, 7) is 2.31. The van der Waals surface area contributed by atoms with Gasteiger partial charge in [0.25, 0.3) is 0 Å². The number of esters is 1. The van der Waals surface area contributed by atoms with Crippen LogP contribution in [0.5, 0.6) is 0 Å². The van der Waals surface area contributed by atoms with Crippen molar-refractivity contribution in [2.24, 2.45) is 5.92 Å². The smallest absolute Gasteiger partial charge is 0.302 e. The number of hydrogen-bond donors (Lipinski definition) is 4. The molecule has 0 saturated carbocycles. The Bertz CT molecular complexity index is 1510. The number of amides is 2. The lowest BCUT2D eigenvalue weighted by Gasteiger charge is -2.26. The van der Waals surface area contributed by atoms with Gasteiger partial charge in [-0.15, -0.1) is 0 Å². The van der Waals surface area contributed by atoms with E-state index in [-0.39, 0.29) is 29.7 Å². The molecule has 3 aromatic carbocycles. The molecule has 222 valence electrons. The summed E-state index contributed by atoms with van der Waals surface area (Å²) >= 11 is 0. The zero-order valence-electron chi connectivity index (χ0n) is 23.4. The lowest BCUT2D eigenvalue weighted by atomic mass is 9.92. The van der Waals surface area contributed by atoms with Gasteiger partial charge in [-0.05, 0) is 53.8 Å². The minimum atomic E-state index is -4.00. The van der Waals surface area contributed by atoms with Gasteiger partial charge in [0.05, 0.1) is 17.0 Å². The molecule has 4 atom stereocenters. The average Bonchev–Trinajstić information content (AvgIpc) is 3.26. The molecule has 0 fully saturated rings. The SMILES string of the molecule is CC(=O)Nc1ccc(S(=O)(=O)NC[C@H](C[C@@H](Cc2ccccc2)C(=O)N[C@H]2c3ccccc3C[C@H]2O)OC(C)=O)cc1. The van der Waals surface area contributed by atoms with Gasteiger partial charge in [-0.2, -0.15) is 0 Å². The fourth-order valence-electron chi connectivity index (χ4n) is 5.13. The molecule has 42 heavy (non-hydrogen) atoms. The molecule has 0 radical (unpaired) electrons. The maximum Gasteiger partial charge on any atom is 0.302 e. The van der Waals surface area contributed by atoms with Crippen LogP contribution in [-0.2, 0) is 42.0 Å². The molecule has 0 bridgehead atoms. The van der Waals surface area contributed by atoms with Crippen molar-refractivity contribution in [1.29, 1.82) is 0 Å². The summed E-state index contributed by atoms with van der Waals surface area (Å²) in [5.74, 6) is -1.93. The largest absolute Gasteiger partial charge is 0.461 e. The molecule has 1 aliphatic carbocycles. The van der Waals surface area contributed by atoms with Crippen molar-refractivity contribution in [1.82, 2.24) is 10.0 Å². The van der Waals surface area contributed by atoms with Gasteiger partial charge in [0.2, 0.25) is 21.8 Å². The molecule has 2 amide bonds. The Labute approximate surface area is 245 Å². The van der Waals surface area contributed by atoms with Crippen LogP contribution in [0.25, 0.3) is 0 Å². The van der Waals surface area contributed by atoms with E-state index in [1.165, 1.54) is 38.1 Å². The second-order valence-corrected chi connectivity index (χ2v) is 12.1. The molecule has 11 heteroatoms. The highest BCUT2D eigenvalue weighted by Crippen LogP contribution is 2.32. The van der Waals surface area contributed by atoms with Gasteiger partial charge in [-0.3, -0.25) is 14.4 Å². The molecule has 0 spiro atoms. The van der Waals surface area contributed by atoms with E-state index in [4.69, 9.17) is 4.74 Å². The maximum absolute atomic E-state index is 13.7. The second kappa shape index (κ2) is 13.7. The number of carbonyl (C=O) groups excluding carboxylic acids is 3. The van der Waals surface area contributed by atoms with E-state index in [0.717, 1.165) is 16.7 Å². The fraction of sp³-hybridized carbons (Fsp3) is 0.323. The van der Waals surface area contributed by atoms with Crippen LogP contribution in [-0.4, -0.2) is 50.1 Å². The van der Waals surface area contributed by atoms with Crippen LogP contribution < -0.4 is 15.4 Å². The van der Waals surface area contributed by atoms with Crippen LogP contribution >= 0.6 is 0 Å². The van der Waals surface area contributed by atoms with Crippen LogP contribution in [0, 0.1) is 5.92 Å². The summed E-state index contributed by atoms with van der Waals surface area (Å²) in [7, 11) is -4.00. The second-order valence-electron chi connectivity index (χ2n) is 10.4. The summed E-state index contributed by atoms with van der Waals surface area (Å²) in [6, 6.07) is 21.9. The Hall–Kier alpha value is -4.06. The number of nitrogens with one attached hydrogen (secondary N) is 3. The molecular formula is C31H35N3O7S. The summed E-state index contributed by atoms with van der Waals surface area (Å²) in [6.07, 6.45) is -0.956. The first-order valence-corrected chi connectivity index (χ1v) is 15.1. The van der Waals surface area contributed by atoms with E-state index in [1.54, 1.807) is 0 Å². The van der Waals surface area contributed by atoms with E-state index < -0.39 is 40.2 Å². The molecule has 1 aliphatic rings. The fourth-order valence-corrected chi connectivity index (χ4v) is 6.20. The van der Waals surface area contributed by atoms with Crippen molar-refractivity contribution in [2.75, 3.05) is 11.9 Å². The molecule has 4 rings (SSSR count). The third-order valence-electron chi connectivity index (χ3n) is 7.06. The topological polar surface area (TPSA) is 151 Å². The van der Waals surface area contributed by atoms with Crippen molar-refractivity contribution >= 4 is 33.5 Å². The van der Waals surface area contributed by atoms with E-state index in [0.29, 0.717) is 18.5 Å². The molecule has 0 aliphatic heterocycles. The van der Waals surface area contributed by atoms with Crippen LogP contribution in [0.1, 0.15) is 43.0 Å². The number of carbonyl (C=O) groups is 3. The molecule has 3 aromatic rings. The monoisotopic (exact) mass is 593 g/mol. The third-order valence-corrected chi connectivity index (χ3v) is 8.50. The van der Waals surface area contributed by atoms with E-state index in [9.17, 15) is 27.9 Å². The van der Waals surface area contributed by atoms with Gasteiger partial charge < -0.3 is 20.5 Å². The minimum Gasteiger partial charge on any atom is -0.461 e. The molecule has 0 aromatic heterocycles. The highest BCUT2D eigenvalue weighted by Gasteiger charge is 2.35. The third kappa shape index (κ3) is 8.25. The molecule has 0 heterocycles. The summed E-state index contributed by atoms with van der Waals surface area (Å²) in [5.41, 5.74) is 3.15. The Kier molecular flexibility index (Phi) is 10.1. The van der Waals surface area contributed by atoms with Gasteiger partial charge in [-0.25, -0.2) is 13.1 Å². The maximum atomic E-state index is 13.7. The van der Waals surface area contributed by atoms with Crippen molar-refractivity contribution in [3.8, 4) is 0 Å². The number of benzene rings is 3. The van der Waals surface area contributed by atoms with E-state index in [1.807, 2.05) is 54.6 Å². The number of anilines is 1. The first-order valence-electron chi connectivity index (χ1n) is 13.7. The Morgan fingerprint density at radius 2 is 1.62 bits per heavy atom. The Morgan fingerprint density at radius 3 is 2.29 bits per heavy atom. The van der Waals surface area contributed by atoms with Crippen LogP contribution in [0.4, 0.5) is 5.69 Å².